The second kappa shape index (κ2) is 4.63. The molecule has 1 N–H and O–H groups in total. The molecule has 1 aromatic carbocycles. The first kappa shape index (κ1) is 11.1. The number of aliphatic hydroxyl groups excluding tert-OH is 1. The molecular formula is C11H11ClN2O2. The summed E-state index contributed by atoms with van der Waals surface area (Å²) in [5.41, 5.74) is 1.01. The highest BCUT2D eigenvalue weighted by Gasteiger charge is 2.11. The van der Waals surface area contributed by atoms with Crippen LogP contribution in [0.2, 0.25) is 5.02 Å². The fourth-order valence-corrected chi connectivity index (χ4v) is 1.55. The number of rotatable bonds is 3. The Bertz CT molecular complexity index is 482. The van der Waals surface area contributed by atoms with Gasteiger partial charge in [0.05, 0.1) is 0 Å². The van der Waals surface area contributed by atoms with Gasteiger partial charge in [0, 0.05) is 11.4 Å². The van der Waals surface area contributed by atoms with Crippen LogP contribution in [-0.2, 0) is 6.42 Å². The summed E-state index contributed by atoms with van der Waals surface area (Å²) in [4.78, 5) is 4.06. The average Bonchev–Trinajstić information content (AvgIpc) is 2.66. The molecule has 2 rings (SSSR count). The van der Waals surface area contributed by atoms with E-state index in [1.54, 1.807) is 6.92 Å². The number of hydrogen-bond donors (Lipinski definition) is 1. The van der Waals surface area contributed by atoms with E-state index in [9.17, 15) is 5.11 Å². The third-order valence-electron chi connectivity index (χ3n) is 2.09. The van der Waals surface area contributed by atoms with Crippen molar-refractivity contribution in [2.45, 2.75) is 19.4 Å². The highest BCUT2D eigenvalue weighted by atomic mass is 35.5. The summed E-state index contributed by atoms with van der Waals surface area (Å²) in [6.07, 6.45) is -0.197. The maximum atomic E-state index is 9.23. The average molecular weight is 239 g/mol. The number of aromatic nitrogens is 2. The molecule has 0 saturated carbocycles. The lowest BCUT2D eigenvalue weighted by molar-refractivity contribution is 0.151. The summed E-state index contributed by atoms with van der Waals surface area (Å²) in [5, 5.41) is 13.7. The van der Waals surface area contributed by atoms with Gasteiger partial charge >= 0.3 is 0 Å². The van der Waals surface area contributed by atoms with Crippen LogP contribution < -0.4 is 0 Å². The Morgan fingerprint density at radius 2 is 2.31 bits per heavy atom. The quantitative estimate of drug-likeness (QED) is 0.892. The van der Waals surface area contributed by atoms with Gasteiger partial charge in [-0.3, -0.25) is 0 Å². The van der Waals surface area contributed by atoms with E-state index in [0.29, 0.717) is 17.3 Å². The molecule has 0 aliphatic heterocycles. The molecule has 0 spiro atoms. The van der Waals surface area contributed by atoms with Gasteiger partial charge in [-0.1, -0.05) is 28.9 Å². The van der Waals surface area contributed by atoms with Crippen molar-refractivity contribution in [3.05, 3.63) is 46.6 Å². The van der Waals surface area contributed by atoms with Crippen molar-refractivity contribution in [2.24, 2.45) is 0 Å². The van der Waals surface area contributed by atoms with E-state index < -0.39 is 6.10 Å². The SMILES string of the molecule is CC(O)c1nc(Cc2cccc(Cl)c2)no1. The highest BCUT2D eigenvalue weighted by Crippen LogP contribution is 2.15. The van der Waals surface area contributed by atoms with E-state index >= 15 is 0 Å². The Morgan fingerprint density at radius 3 is 2.94 bits per heavy atom. The van der Waals surface area contributed by atoms with Gasteiger partial charge in [-0.2, -0.15) is 4.98 Å². The number of benzene rings is 1. The molecule has 1 unspecified atom stereocenters. The second-order valence-electron chi connectivity index (χ2n) is 3.53. The molecule has 0 aliphatic carbocycles. The smallest absolute Gasteiger partial charge is 0.255 e. The van der Waals surface area contributed by atoms with Gasteiger partial charge < -0.3 is 9.63 Å². The molecular weight excluding hydrogens is 228 g/mol. The molecule has 84 valence electrons. The van der Waals surface area contributed by atoms with E-state index in [-0.39, 0.29) is 5.89 Å². The lowest BCUT2D eigenvalue weighted by atomic mass is 10.1. The van der Waals surface area contributed by atoms with Crippen molar-refractivity contribution in [1.82, 2.24) is 10.1 Å². The largest absolute Gasteiger partial charge is 0.384 e. The molecule has 0 radical (unpaired) electrons. The van der Waals surface area contributed by atoms with Crippen LogP contribution in [0, 0.1) is 0 Å². The van der Waals surface area contributed by atoms with Crippen molar-refractivity contribution in [1.29, 1.82) is 0 Å². The molecule has 1 aromatic heterocycles. The number of nitrogens with zero attached hydrogens (tertiary/aromatic N) is 2. The van der Waals surface area contributed by atoms with Gasteiger partial charge in [-0.05, 0) is 24.6 Å². The van der Waals surface area contributed by atoms with Crippen molar-refractivity contribution in [3.8, 4) is 0 Å². The Hall–Kier alpha value is -1.39. The Balaban J connectivity index is 2.14. The topological polar surface area (TPSA) is 59.2 Å². The van der Waals surface area contributed by atoms with Gasteiger partial charge in [0.25, 0.3) is 5.89 Å². The summed E-state index contributed by atoms with van der Waals surface area (Å²) >= 11 is 5.86. The van der Waals surface area contributed by atoms with Gasteiger partial charge in [-0.25, -0.2) is 0 Å². The molecule has 0 fully saturated rings. The molecule has 5 heteroatoms. The third-order valence-corrected chi connectivity index (χ3v) is 2.33. The third kappa shape index (κ3) is 2.59. The zero-order chi connectivity index (χ0) is 11.5. The van der Waals surface area contributed by atoms with Crippen LogP contribution in [0.4, 0.5) is 0 Å². The standard InChI is InChI=1S/C11H11ClN2O2/c1-7(15)11-13-10(14-16-11)6-8-3-2-4-9(12)5-8/h2-5,7,15H,6H2,1H3. The maximum Gasteiger partial charge on any atom is 0.255 e. The Kier molecular flexibility index (Phi) is 3.22. The number of halogens is 1. The number of hydrogen-bond acceptors (Lipinski definition) is 4. The molecule has 0 saturated heterocycles. The lowest BCUT2D eigenvalue weighted by Crippen LogP contribution is -1.93. The lowest BCUT2D eigenvalue weighted by Gasteiger charge is -1.96. The normalized spacial score (nSPS) is 12.7. The van der Waals surface area contributed by atoms with E-state index in [2.05, 4.69) is 10.1 Å². The van der Waals surface area contributed by atoms with Crippen molar-refractivity contribution < 1.29 is 9.63 Å². The molecule has 4 nitrogen and oxygen atoms in total. The van der Waals surface area contributed by atoms with Crippen LogP contribution in [0.25, 0.3) is 0 Å². The monoisotopic (exact) mass is 238 g/mol. The molecule has 16 heavy (non-hydrogen) atoms. The Labute approximate surface area is 97.9 Å². The maximum absolute atomic E-state index is 9.23. The summed E-state index contributed by atoms with van der Waals surface area (Å²) in [6.45, 7) is 1.58. The summed E-state index contributed by atoms with van der Waals surface area (Å²) in [5.74, 6) is 0.773. The summed E-state index contributed by atoms with van der Waals surface area (Å²) < 4.78 is 4.88. The summed E-state index contributed by atoms with van der Waals surface area (Å²) in [6, 6.07) is 7.46. The predicted molar refractivity (Wildman–Crippen MR) is 59.2 cm³/mol. The van der Waals surface area contributed by atoms with Crippen molar-refractivity contribution in [3.63, 3.8) is 0 Å². The fourth-order valence-electron chi connectivity index (χ4n) is 1.34. The molecule has 0 aliphatic rings. The van der Waals surface area contributed by atoms with E-state index in [0.717, 1.165) is 5.56 Å². The van der Waals surface area contributed by atoms with Gasteiger partial charge in [0.2, 0.25) is 0 Å². The van der Waals surface area contributed by atoms with Crippen LogP contribution in [0.15, 0.2) is 28.8 Å². The van der Waals surface area contributed by atoms with E-state index in [1.807, 2.05) is 24.3 Å². The van der Waals surface area contributed by atoms with Crippen LogP contribution >= 0.6 is 11.6 Å². The second-order valence-corrected chi connectivity index (χ2v) is 3.97. The van der Waals surface area contributed by atoms with Crippen molar-refractivity contribution >= 4 is 11.6 Å². The predicted octanol–water partition coefficient (Wildman–Crippen LogP) is 2.37. The van der Waals surface area contributed by atoms with Crippen LogP contribution in [0.1, 0.15) is 30.3 Å². The Morgan fingerprint density at radius 1 is 1.50 bits per heavy atom. The highest BCUT2D eigenvalue weighted by molar-refractivity contribution is 6.30. The molecule has 2 aromatic rings. The molecule has 1 atom stereocenters. The number of aliphatic hydroxyl groups is 1. The first-order valence-electron chi connectivity index (χ1n) is 4.90. The van der Waals surface area contributed by atoms with Crippen LogP contribution in [0.5, 0.6) is 0 Å². The molecule has 0 amide bonds. The summed E-state index contributed by atoms with van der Waals surface area (Å²) in [7, 11) is 0. The van der Waals surface area contributed by atoms with Gasteiger partial charge in [0.1, 0.15) is 6.10 Å². The minimum atomic E-state index is -0.736. The van der Waals surface area contributed by atoms with E-state index in [1.165, 1.54) is 0 Å². The van der Waals surface area contributed by atoms with Crippen molar-refractivity contribution in [2.75, 3.05) is 0 Å². The molecule has 0 bridgehead atoms. The van der Waals surface area contributed by atoms with E-state index in [4.69, 9.17) is 16.1 Å². The van der Waals surface area contributed by atoms with Crippen LogP contribution in [-0.4, -0.2) is 15.2 Å². The first-order chi connectivity index (χ1) is 7.65. The minimum Gasteiger partial charge on any atom is -0.384 e. The zero-order valence-corrected chi connectivity index (χ0v) is 9.48. The minimum absolute atomic E-state index is 0.233. The zero-order valence-electron chi connectivity index (χ0n) is 8.72. The van der Waals surface area contributed by atoms with Gasteiger partial charge in [0.15, 0.2) is 5.82 Å². The fraction of sp³-hybridized carbons (Fsp3) is 0.273. The van der Waals surface area contributed by atoms with Crippen LogP contribution in [0.3, 0.4) is 0 Å². The first-order valence-corrected chi connectivity index (χ1v) is 5.28. The van der Waals surface area contributed by atoms with Gasteiger partial charge in [-0.15, -0.1) is 0 Å². The molecule has 1 heterocycles.